The van der Waals surface area contributed by atoms with Gasteiger partial charge in [0.1, 0.15) is 11.6 Å². The van der Waals surface area contributed by atoms with E-state index in [2.05, 4.69) is 32.4 Å². The lowest BCUT2D eigenvalue weighted by Crippen LogP contribution is -1.99. The van der Waals surface area contributed by atoms with Crippen LogP contribution in [-0.2, 0) is 6.42 Å². The zero-order valence-electron chi connectivity index (χ0n) is 13.2. The summed E-state index contributed by atoms with van der Waals surface area (Å²) in [4.78, 5) is 13.4. The minimum Gasteiger partial charge on any atom is -0.325 e. The fraction of sp³-hybridized carbons (Fsp3) is 0.111. The van der Waals surface area contributed by atoms with E-state index in [4.69, 9.17) is 4.98 Å². The third-order valence-corrected chi connectivity index (χ3v) is 3.79. The molecule has 6 nitrogen and oxygen atoms in total. The fourth-order valence-corrected chi connectivity index (χ4v) is 2.54. The lowest BCUT2D eigenvalue weighted by molar-refractivity contribution is 0.976. The van der Waals surface area contributed by atoms with Crippen LogP contribution in [0.1, 0.15) is 12.6 Å². The maximum atomic E-state index is 4.70. The van der Waals surface area contributed by atoms with E-state index in [1.54, 1.807) is 12.4 Å². The summed E-state index contributed by atoms with van der Waals surface area (Å²) in [6.07, 6.45) is 4.36. The molecule has 0 bridgehead atoms. The highest BCUT2D eigenvalue weighted by atomic mass is 15.2. The molecule has 0 radical (unpaired) electrons. The Labute approximate surface area is 139 Å². The smallest absolute Gasteiger partial charge is 0.162 e. The molecule has 4 rings (SSSR count). The van der Waals surface area contributed by atoms with Crippen molar-refractivity contribution in [3.63, 3.8) is 0 Å². The van der Waals surface area contributed by atoms with Gasteiger partial charge in [-0.1, -0.05) is 19.1 Å². The Kier molecular flexibility index (Phi) is 3.63. The number of fused-ring (bicyclic) bond motifs is 1. The van der Waals surface area contributed by atoms with E-state index < -0.39 is 0 Å². The number of aromatic nitrogens is 5. The molecule has 3 heterocycles. The largest absolute Gasteiger partial charge is 0.325 e. The van der Waals surface area contributed by atoms with Crippen molar-refractivity contribution < 1.29 is 0 Å². The third kappa shape index (κ3) is 2.69. The molecule has 6 heteroatoms. The minimum atomic E-state index is 0.661. The molecule has 0 spiro atoms. The van der Waals surface area contributed by atoms with Crippen LogP contribution in [0.4, 0.5) is 11.6 Å². The SMILES string of the molecule is CCc1cc(Nc2nc(-c3ccncc3)nc3ccccc23)[nH]n1. The van der Waals surface area contributed by atoms with Crippen molar-refractivity contribution in [2.75, 3.05) is 5.32 Å². The number of hydrogen-bond donors (Lipinski definition) is 2. The average Bonchev–Trinajstić information content (AvgIpc) is 3.10. The molecule has 1 aromatic carbocycles. The number of aryl methyl sites for hydroxylation is 1. The van der Waals surface area contributed by atoms with Gasteiger partial charge < -0.3 is 5.32 Å². The van der Waals surface area contributed by atoms with E-state index in [-0.39, 0.29) is 0 Å². The molecule has 24 heavy (non-hydrogen) atoms. The number of hydrogen-bond acceptors (Lipinski definition) is 5. The van der Waals surface area contributed by atoms with Crippen LogP contribution < -0.4 is 5.32 Å². The van der Waals surface area contributed by atoms with Gasteiger partial charge in [0, 0.05) is 29.4 Å². The second-order valence-corrected chi connectivity index (χ2v) is 5.40. The number of rotatable bonds is 4. The molecule has 4 aromatic rings. The topological polar surface area (TPSA) is 79.4 Å². The number of anilines is 2. The summed E-state index contributed by atoms with van der Waals surface area (Å²) in [6, 6.07) is 13.7. The van der Waals surface area contributed by atoms with Crippen molar-refractivity contribution in [1.29, 1.82) is 0 Å². The summed E-state index contributed by atoms with van der Waals surface area (Å²) in [5, 5.41) is 11.5. The zero-order chi connectivity index (χ0) is 16.4. The molecule has 118 valence electrons. The Balaban J connectivity index is 1.83. The molecule has 0 unspecified atom stereocenters. The highest BCUT2D eigenvalue weighted by Crippen LogP contribution is 2.26. The quantitative estimate of drug-likeness (QED) is 0.600. The highest BCUT2D eigenvalue weighted by Gasteiger charge is 2.10. The predicted molar refractivity (Wildman–Crippen MR) is 94.0 cm³/mol. The molecule has 0 fully saturated rings. The molecule has 0 saturated heterocycles. The first kappa shape index (κ1) is 14.3. The van der Waals surface area contributed by atoms with E-state index in [1.807, 2.05) is 42.5 Å². The van der Waals surface area contributed by atoms with Gasteiger partial charge in [-0.05, 0) is 30.7 Å². The van der Waals surface area contributed by atoms with Crippen molar-refractivity contribution in [2.45, 2.75) is 13.3 Å². The summed E-state index contributed by atoms with van der Waals surface area (Å²) in [5.74, 6) is 2.23. The second kappa shape index (κ2) is 6.08. The molecule has 0 saturated carbocycles. The number of nitrogens with zero attached hydrogens (tertiary/aromatic N) is 4. The van der Waals surface area contributed by atoms with E-state index in [0.717, 1.165) is 40.2 Å². The molecule has 3 aromatic heterocycles. The summed E-state index contributed by atoms with van der Waals surface area (Å²) in [5.41, 5.74) is 2.82. The van der Waals surface area contributed by atoms with Crippen molar-refractivity contribution >= 4 is 22.5 Å². The highest BCUT2D eigenvalue weighted by molar-refractivity contribution is 5.91. The molecule has 0 amide bonds. The van der Waals surface area contributed by atoms with Gasteiger partial charge >= 0.3 is 0 Å². The van der Waals surface area contributed by atoms with Gasteiger partial charge in [-0.25, -0.2) is 9.97 Å². The number of H-pyrrole nitrogens is 1. The first-order chi connectivity index (χ1) is 11.8. The van der Waals surface area contributed by atoms with Gasteiger partial charge in [0.25, 0.3) is 0 Å². The van der Waals surface area contributed by atoms with Gasteiger partial charge in [-0.15, -0.1) is 0 Å². The van der Waals surface area contributed by atoms with E-state index >= 15 is 0 Å². The third-order valence-electron chi connectivity index (χ3n) is 3.79. The summed E-state index contributed by atoms with van der Waals surface area (Å²) in [6.45, 7) is 2.07. The van der Waals surface area contributed by atoms with Crippen LogP contribution in [0.2, 0.25) is 0 Å². The monoisotopic (exact) mass is 316 g/mol. The average molecular weight is 316 g/mol. The van der Waals surface area contributed by atoms with Crippen LogP contribution >= 0.6 is 0 Å². The fourth-order valence-electron chi connectivity index (χ4n) is 2.54. The lowest BCUT2D eigenvalue weighted by atomic mass is 10.2. The molecular weight excluding hydrogens is 300 g/mol. The standard InChI is InChI=1S/C18H16N6/c1-2-13-11-16(24-23-13)21-18-14-5-3-4-6-15(14)20-17(22-18)12-7-9-19-10-8-12/h3-11H,2H2,1H3,(H2,20,21,22,23,24). The Morgan fingerprint density at radius 1 is 1.04 bits per heavy atom. The first-order valence-corrected chi connectivity index (χ1v) is 7.82. The summed E-state index contributed by atoms with van der Waals surface area (Å²) < 4.78 is 0. The van der Waals surface area contributed by atoms with Crippen molar-refractivity contribution in [3.05, 3.63) is 60.6 Å². The van der Waals surface area contributed by atoms with Crippen LogP contribution in [0.25, 0.3) is 22.3 Å². The van der Waals surface area contributed by atoms with Crippen LogP contribution in [-0.4, -0.2) is 25.1 Å². The number of nitrogens with one attached hydrogen (secondary N) is 2. The van der Waals surface area contributed by atoms with Gasteiger partial charge in [-0.2, -0.15) is 5.10 Å². The van der Waals surface area contributed by atoms with Gasteiger partial charge in [-0.3, -0.25) is 10.1 Å². The Hall–Kier alpha value is -3.28. The van der Waals surface area contributed by atoms with Crippen LogP contribution in [0.15, 0.2) is 54.9 Å². The number of para-hydroxylation sites is 1. The molecule has 0 aliphatic carbocycles. The molecular formula is C18H16N6. The van der Waals surface area contributed by atoms with Crippen molar-refractivity contribution in [2.24, 2.45) is 0 Å². The van der Waals surface area contributed by atoms with Crippen molar-refractivity contribution in [3.8, 4) is 11.4 Å². The van der Waals surface area contributed by atoms with Gasteiger partial charge in [0.15, 0.2) is 5.82 Å². The number of aromatic amines is 1. The number of pyridine rings is 1. The maximum absolute atomic E-state index is 4.70. The number of benzene rings is 1. The summed E-state index contributed by atoms with van der Waals surface area (Å²) >= 11 is 0. The first-order valence-electron chi connectivity index (χ1n) is 7.82. The van der Waals surface area contributed by atoms with Crippen LogP contribution in [0.3, 0.4) is 0 Å². The Bertz CT molecular complexity index is 977. The van der Waals surface area contributed by atoms with E-state index in [9.17, 15) is 0 Å². The van der Waals surface area contributed by atoms with Crippen LogP contribution in [0.5, 0.6) is 0 Å². The second-order valence-electron chi connectivity index (χ2n) is 5.40. The molecule has 0 atom stereocenters. The van der Waals surface area contributed by atoms with Gasteiger partial charge in [0.2, 0.25) is 0 Å². The van der Waals surface area contributed by atoms with Crippen molar-refractivity contribution in [1.82, 2.24) is 25.1 Å². The Morgan fingerprint density at radius 2 is 1.88 bits per heavy atom. The predicted octanol–water partition coefficient (Wildman–Crippen LogP) is 3.72. The van der Waals surface area contributed by atoms with Crippen LogP contribution in [0, 0.1) is 0 Å². The Morgan fingerprint density at radius 3 is 2.67 bits per heavy atom. The molecule has 0 aliphatic heterocycles. The molecule has 2 N–H and O–H groups in total. The normalized spacial score (nSPS) is 10.9. The maximum Gasteiger partial charge on any atom is 0.162 e. The zero-order valence-corrected chi connectivity index (χ0v) is 13.2. The summed E-state index contributed by atoms with van der Waals surface area (Å²) in [7, 11) is 0. The lowest BCUT2D eigenvalue weighted by Gasteiger charge is -2.09. The molecule has 0 aliphatic rings. The van der Waals surface area contributed by atoms with E-state index in [1.165, 1.54) is 0 Å². The van der Waals surface area contributed by atoms with Gasteiger partial charge in [0.05, 0.1) is 11.2 Å². The minimum absolute atomic E-state index is 0.661. The van der Waals surface area contributed by atoms with E-state index in [0.29, 0.717) is 5.82 Å².